The summed E-state index contributed by atoms with van der Waals surface area (Å²) in [5.74, 6) is 0.309. The highest BCUT2D eigenvalue weighted by Crippen LogP contribution is 2.24. The number of nitrogens with zero attached hydrogens (tertiary/aromatic N) is 1. The van der Waals surface area contributed by atoms with Gasteiger partial charge >= 0.3 is 0 Å². The summed E-state index contributed by atoms with van der Waals surface area (Å²) in [5.41, 5.74) is 0.164. The lowest BCUT2D eigenvalue weighted by molar-refractivity contribution is -0.151. The van der Waals surface area contributed by atoms with Crippen molar-refractivity contribution < 1.29 is 9.59 Å². The summed E-state index contributed by atoms with van der Waals surface area (Å²) in [7, 11) is 0. The van der Waals surface area contributed by atoms with Gasteiger partial charge in [0.25, 0.3) is 0 Å². The van der Waals surface area contributed by atoms with E-state index in [1.165, 1.54) is 0 Å². The summed E-state index contributed by atoms with van der Waals surface area (Å²) in [4.78, 5) is 27.0. The summed E-state index contributed by atoms with van der Waals surface area (Å²) in [6, 6.07) is -0.638. The van der Waals surface area contributed by atoms with Gasteiger partial charge in [-0.05, 0) is 24.2 Å². The summed E-state index contributed by atoms with van der Waals surface area (Å²) in [6.45, 7) is 13.3. The van der Waals surface area contributed by atoms with Crippen LogP contribution in [0.25, 0.3) is 0 Å². The Morgan fingerprint density at radius 2 is 1.86 bits per heavy atom. The molecular weight excluding hydrogens is 264 g/mol. The molecular formula is C17H32N2O2. The van der Waals surface area contributed by atoms with E-state index < -0.39 is 0 Å². The monoisotopic (exact) mass is 296 g/mol. The van der Waals surface area contributed by atoms with Crippen molar-refractivity contribution in [2.24, 2.45) is 11.3 Å². The van der Waals surface area contributed by atoms with Gasteiger partial charge in [0.15, 0.2) is 0 Å². The summed E-state index contributed by atoms with van der Waals surface area (Å²) >= 11 is 0. The molecule has 0 aromatic rings. The van der Waals surface area contributed by atoms with Crippen LogP contribution in [0.5, 0.6) is 0 Å². The zero-order chi connectivity index (χ0) is 16.2. The molecule has 4 heteroatoms. The number of carbonyl (C=O) groups excluding carboxylic acids is 2. The average molecular weight is 296 g/mol. The number of amides is 2. The maximum Gasteiger partial charge on any atom is 0.246 e. The van der Waals surface area contributed by atoms with Gasteiger partial charge in [-0.25, -0.2) is 0 Å². The molecule has 3 atom stereocenters. The fourth-order valence-corrected chi connectivity index (χ4v) is 2.69. The Morgan fingerprint density at radius 3 is 2.33 bits per heavy atom. The normalized spacial score (nSPS) is 25.0. The van der Waals surface area contributed by atoms with E-state index in [1.54, 1.807) is 0 Å². The standard InChI is InChI=1S/C17H32N2O2/c1-7-9-13-15(20)18-14(12(3)8-2)16(21)19(13)11-10-17(4,5)6/h12-14H,7-11H2,1-6H3,(H,18,20). The molecule has 0 spiro atoms. The van der Waals surface area contributed by atoms with Gasteiger partial charge in [-0.3, -0.25) is 9.59 Å². The number of rotatable bonds is 6. The SMILES string of the molecule is CCCC1C(=O)NC(C(C)CC)C(=O)N1CCC(C)(C)C. The zero-order valence-electron chi connectivity index (χ0n) is 14.5. The van der Waals surface area contributed by atoms with Gasteiger partial charge in [-0.2, -0.15) is 0 Å². The third kappa shape index (κ3) is 4.72. The third-order valence-corrected chi connectivity index (χ3v) is 4.40. The predicted octanol–water partition coefficient (Wildman–Crippen LogP) is 2.96. The van der Waals surface area contributed by atoms with Gasteiger partial charge in [0.1, 0.15) is 12.1 Å². The first-order valence-electron chi connectivity index (χ1n) is 8.32. The number of piperazine rings is 1. The highest BCUT2D eigenvalue weighted by Gasteiger charge is 2.41. The van der Waals surface area contributed by atoms with Crippen molar-refractivity contribution in [3.63, 3.8) is 0 Å². The maximum atomic E-state index is 12.8. The zero-order valence-corrected chi connectivity index (χ0v) is 14.5. The quantitative estimate of drug-likeness (QED) is 0.819. The number of nitrogens with one attached hydrogen (secondary N) is 1. The van der Waals surface area contributed by atoms with E-state index in [-0.39, 0.29) is 35.2 Å². The lowest BCUT2D eigenvalue weighted by Crippen LogP contribution is -2.65. The van der Waals surface area contributed by atoms with Crippen molar-refractivity contribution in [3.05, 3.63) is 0 Å². The third-order valence-electron chi connectivity index (χ3n) is 4.40. The minimum atomic E-state index is -0.351. The van der Waals surface area contributed by atoms with Gasteiger partial charge in [0.2, 0.25) is 11.8 Å². The molecule has 1 fully saturated rings. The molecule has 1 aliphatic heterocycles. The Kier molecular flexibility index (Phi) is 6.24. The lowest BCUT2D eigenvalue weighted by Gasteiger charge is -2.41. The molecule has 3 unspecified atom stereocenters. The molecule has 4 nitrogen and oxygen atoms in total. The van der Waals surface area contributed by atoms with Crippen LogP contribution >= 0.6 is 0 Å². The molecule has 1 N–H and O–H groups in total. The highest BCUT2D eigenvalue weighted by molar-refractivity contribution is 5.97. The molecule has 0 bridgehead atoms. The van der Waals surface area contributed by atoms with Gasteiger partial charge in [0.05, 0.1) is 0 Å². The van der Waals surface area contributed by atoms with E-state index in [2.05, 4.69) is 39.9 Å². The van der Waals surface area contributed by atoms with E-state index in [0.29, 0.717) is 6.54 Å². The van der Waals surface area contributed by atoms with Crippen molar-refractivity contribution in [2.75, 3.05) is 6.54 Å². The maximum absolute atomic E-state index is 12.8. The fourth-order valence-electron chi connectivity index (χ4n) is 2.69. The van der Waals surface area contributed by atoms with Gasteiger partial charge in [-0.1, -0.05) is 54.4 Å². The second-order valence-corrected chi connectivity index (χ2v) is 7.52. The molecule has 0 aromatic carbocycles. The van der Waals surface area contributed by atoms with Crippen LogP contribution in [0, 0.1) is 11.3 Å². The van der Waals surface area contributed by atoms with Crippen LogP contribution in [0.15, 0.2) is 0 Å². The van der Waals surface area contributed by atoms with E-state index in [4.69, 9.17) is 0 Å². The minimum absolute atomic E-state index is 0.0238. The number of hydrogen-bond acceptors (Lipinski definition) is 2. The van der Waals surface area contributed by atoms with Crippen LogP contribution in [0.3, 0.4) is 0 Å². The van der Waals surface area contributed by atoms with Crippen LogP contribution in [0.2, 0.25) is 0 Å². The second-order valence-electron chi connectivity index (χ2n) is 7.52. The molecule has 0 radical (unpaired) electrons. The molecule has 0 aliphatic carbocycles. The molecule has 21 heavy (non-hydrogen) atoms. The Hall–Kier alpha value is -1.06. The molecule has 0 saturated carbocycles. The smallest absolute Gasteiger partial charge is 0.246 e. The van der Waals surface area contributed by atoms with Crippen LogP contribution in [0.4, 0.5) is 0 Å². The van der Waals surface area contributed by atoms with Crippen LogP contribution in [-0.2, 0) is 9.59 Å². The Morgan fingerprint density at radius 1 is 1.24 bits per heavy atom. The number of carbonyl (C=O) groups is 2. The van der Waals surface area contributed by atoms with Gasteiger partial charge in [-0.15, -0.1) is 0 Å². The summed E-state index contributed by atoms with van der Waals surface area (Å²) in [5, 5.41) is 2.95. The largest absolute Gasteiger partial charge is 0.342 e. The minimum Gasteiger partial charge on any atom is -0.342 e. The lowest BCUT2D eigenvalue weighted by atomic mass is 9.89. The van der Waals surface area contributed by atoms with Crippen molar-refractivity contribution in [2.45, 2.75) is 79.3 Å². The van der Waals surface area contributed by atoms with Gasteiger partial charge in [0, 0.05) is 6.54 Å². The van der Waals surface area contributed by atoms with E-state index >= 15 is 0 Å². The first kappa shape index (κ1) is 18.0. The molecule has 1 heterocycles. The molecule has 1 aliphatic rings. The van der Waals surface area contributed by atoms with E-state index in [0.717, 1.165) is 25.7 Å². The molecule has 1 saturated heterocycles. The molecule has 122 valence electrons. The van der Waals surface area contributed by atoms with E-state index in [1.807, 2.05) is 11.8 Å². The first-order valence-corrected chi connectivity index (χ1v) is 8.32. The van der Waals surface area contributed by atoms with Crippen LogP contribution in [-0.4, -0.2) is 35.3 Å². The molecule has 0 aromatic heterocycles. The Labute approximate surface area is 129 Å². The van der Waals surface area contributed by atoms with Crippen LogP contribution < -0.4 is 5.32 Å². The first-order chi connectivity index (χ1) is 9.71. The van der Waals surface area contributed by atoms with E-state index in [9.17, 15) is 9.59 Å². The van der Waals surface area contributed by atoms with Crippen molar-refractivity contribution in [1.82, 2.24) is 10.2 Å². The highest BCUT2D eigenvalue weighted by atomic mass is 16.2. The Bertz CT molecular complexity index is 373. The van der Waals surface area contributed by atoms with Crippen molar-refractivity contribution >= 4 is 11.8 Å². The summed E-state index contributed by atoms with van der Waals surface area (Å²) in [6.07, 6.45) is 3.46. The molecule has 2 amide bonds. The van der Waals surface area contributed by atoms with Crippen molar-refractivity contribution in [1.29, 1.82) is 0 Å². The van der Waals surface area contributed by atoms with Crippen LogP contribution in [0.1, 0.15) is 67.2 Å². The molecule has 1 rings (SSSR count). The number of hydrogen-bond donors (Lipinski definition) is 1. The summed E-state index contributed by atoms with van der Waals surface area (Å²) < 4.78 is 0. The Balaban J connectivity index is 2.92. The predicted molar refractivity (Wildman–Crippen MR) is 85.9 cm³/mol. The topological polar surface area (TPSA) is 49.4 Å². The second kappa shape index (κ2) is 7.28. The average Bonchev–Trinajstić information content (AvgIpc) is 2.40. The fraction of sp³-hybridized carbons (Fsp3) is 0.882. The van der Waals surface area contributed by atoms with Gasteiger partial charge < -0.3 is 10.2 Å². The van der Waals surface area contributed by atoms with Crippen molar-refractivity contribution in [3.8, 4) is 0 Å².